The summed E-state index contributed by atoms with van der Waals surface area (Å²) in [7, 11) is 3.66. The van der Waals surface area contributed by atoms with E-state index in [0.717, 1.165) is 41.6 Å². The van der Waals surface area contributed by atoms with E-state index in [1.54, 1.807) is 7.11 Å². The molecule has 4 nitrogen and oxygen atoms in total. The Hall–Kier alpha value is -1.81. The highest BCUT2D eigenvalue weighted by atomic mass is 16.5. The number of carbonyl (C=O) groups is 1. The fourth-order valence-corrected chi connectivity index (χ4v) is 2.85. The molecule has 100 valence electrons. The first kappa shape index (κ1) is 12.2. The second-order valence-corrected chi connectivity index (χ2v) is 5.12. The van der Waals surface area contributed by atoms with Gasteiger partial charge in [-0.3, -0.25) is 9.69 Å². The zero-order chi connectivity index (χ0) is 13.4. The summed E-state index contributed by atoms with van der Waals surface area (Å²) in [6.45, 7) is 1.00. The van der Waals surface area contributed by atoms with Crippen LogP contribution in [0.15, 0.2) is 24.4 Å². The van der Waals surface area contributed by atoms with E-state index in [-0.39, 0.29) is 11.8 Å². The number of methoxy groups -OCH3 is 1. The molecule has 1 aliphatic rings. The summed E-state index contributed by atoms with van der Waals surface area (Å²) >= 11 is 0. The molecule has 4 heteroatoms. The fraction of sp³-hybridized carbons (Fsp3) is 0.400. The molecular formula is C15H18N2O2. The number of aromatic amines is 1. The number of likely N-dealkylation sites (tertiary alicyclic amines) is 1. The molecule has 0 aliphatic carbocycles. The number of aromatic nitrogens is 1. The lowest BCUT2D eigenvalue weighted by atomic mass is 10.0. The van der Waals surface area contributed by atoms with Crippen LogP contribution in [-0.2, 0) is 0 Å². The van der Waals surface area contributed by atoms with Crippen LogP contribution in [0.25, 0.3) is 10.9 Å². The molecule has 2 heterocycles. The van der Waals surface area contributed by atoms with Crippen LogP contribution in [0.4, 0.5) is 0 Å². The van der Waals surface area contributed by atoms with Gasteiger partial charge in [0.25, 0.3) is 0 Å². The predicted molar refractivity (Wildman–Crippen MR) is 74.8 cm³/mol. The number of nitrogens with zero attached hydrogens (tertiary/aromatic N) is 1. The highest BCUT2D eigenvalue weighted by Gasteiger charge is 2.29. The number of likely N-dealkylation sites (N-methyl/N-ethyl adjacent to an activating group) is 1. The molecule has 0 spiro atoms. The molecule has 1 fully saturated rings. The summed E-state index contributed by atoms with van der Waals surface area (Å²) in [5.74, 6) is 0.987. The van der Waals surface area contributed by atoms with E-state index in [2.05, 4.69) is 9.88 Å². The summed E-state index contributed by atoms with van der Waals surface area (Å²) in [6.07, 6.45) is 3.86. The van der Waals surface area contributed by atoms with E-state index in [1.165, 1.54) is 0 Å². The number of carbonyl (C=O) groups excluding carboxylic acids is 1. The van der Waals surface area contributed by atoms with Crippen molar-refractivity contribution in [2.75, 3.05) is 20.7 Å². The Morgan fingerprint density at radius 2 is 2.32 bits per heavy atom. The minimum Gasteiger partial charge on any atom is -0.497 e. The van der Waals surface area contributed by atoms with Crippen LogP contribution in [-0.4, -0.2) is 42.4 Å². The standard InChI is InChI=1S/C15H18N2O2/c1-17-7-3-4-14(17)15(18)12-9-16-13-6-5-10(19-2)8-11(12)13/h5-6,8-9,14,16H,3-4,7H2,1-2H3/t14-/m0/s1. The molecule has 0 saturated carbocycles. The molecular weight excluding hydrogens is 240 g/mol. The first-order valence-electron chi connectivity index (χ1n) is 6.60. The summed E-state index contributed by atoms with van der Waals surface area (Å²) in [4.78, 5) is 17.9. The number of rotatable bonds is 3. The first-order valence-corrected chi connectivity index (χ1v) is 6.60. The third kappa shape index (κ3) is 2.02. The predicted octanol–water partition coefficient (Wildman–Crippen LogP) is 2.45. The number of benzene rings is 1. The lowest BCUT2D eigenvalue weighted by molar-refractivity contribution is 0.0892. The Morgan fingerprint density at radius 1 is 1.47 bits per heavy atom. The van der Waals surface area contributed by atoms with Crippen molar-refractivity contribution in [3.8, 4) is 5.75 Å². The fourth-order valence-electron chi connectivity index (χ4n) is 2.85. The van der Waals surface area contributed by atoms with Crippen molar-refractivity contribution in [2.24, 2.45) is 0 Å². The maximum atomic E-state index is 12.6. The Balaban J connectivity index is 2.02. The van der Waals surface area contributed by atoms with Gasteiger partial charge in [0.05, 0.1) is 13.2 Å². The van der Waals surface area contributed by atoms with Gasteiger partial charge >= 0.3 is 0 Å². The number of fused-ring (bicyclic) bond motifs is 1. The normalized spacial score (nSPS) is 20.0. The maximum absolute atomic E-state index is 12.6. The molecule has 1 atom stereocenters. The van der Waals surface area contributed by atoms with Crippen molar-refractivity contribution in [3.63, 3.8) is 0 Å². The van der Waals surface area contributed by atoms with Crippen LogP contribution in [0.5, 0.6) is 5.75 Å². The molecule has 3 rings (SSSR count). The van der Waals surface area contributed by atoms with Crippen LogP contribution < -0.4 is 4.74 Å². The molecule has 0 bridgehead atoms. The van der Waals surface area contributed by atoms with Crippen LogP contribution in [0.1, 0.15) is 23.2 Å². The smallest absolute Gasteiger partial charge is 0.182 e. The lowest BCUT2D eigenvalue weighted by Crippen LogP contribution is -2.32. The van der Waals surface area contributed by atoms with Crippen LogP contribution in [0.2, 0.25) is 0 Å². The van der Waals surface area contributed by atoms with E-state index >= 15 is 0 Å². The molecule has 19 heavy (non-hydrogen) atoms. The highest BCUT2D eigenvalue weighted by molar-refractivity contribution is 6.10. The Morgan fingerprint density at radius 3 is 3.00 bits per heavy atom. The van der Waals surface area contributed by atoms with E-state index in [1.807, 2.05) is 31.4 Å². The van der Waals surface area contributed by atoms with Gasteiger partial charge in [0.15, 0.2) is 5.78 Å². The van der Waals surface area contributed by atoms with Gasteiger partial charge in [0, 0.05) is 22.7 Å². The summed E-state index contributed by atoms with van der Waals surface area (Å²) in [5.41, 5.74) is 1.75. The zero-order valence-corrected chi connectivity index (χ0v) is 11.3. The Kier molecular flexibility index (Phi) is 3.03. The second-order valence-electron chi connectivity index (χ2n) is 5.12. The minimum absolute atomic E-state index is 0.0187. The largest absolute Gasteiger partial charge is 0.497 e. The SMILES string of the molecule is COc1ccc2[nH]cc(C(=O)[C@@H]3CCCN3C)c2c1. The van der Waals surface area contributed by atoms with Crippen LogP contribution >= 0.6 is 0 Å². The van der Waals surface area contributed by atoms with E-state index in [4.69, 9.17) is 4.74 Å². The topological polar surface area (TPSA) is 45.3 Å². The average Bonchev–Trinajstić information content (AvgIpc) is 3.03. The van der Waals surface area contributed by atoms with Crippen LogP contribution in [0.3, 0.4) is 0 Å². The number of H-pyrrole nitrogens is 1. The van der Waals surface area contributed by atoms with Crippen molar-refractivity contribution >= 4 is 16.7 Å². The van der Waals surface area contributed by atoms with Crippen molar-refractivity contribution in [1.82, 2.24) is 9.88 Å². The van der Waals surface area contributed by atoms with E-state index in [9.17, 15) is 4.79 Å². The van der Waals surface area contributed by atoms with Gasteiger partial charge in [-0.1, -0.05) is 0 Å². The highest BCUT2D eigenvalue weighted by Crippen LogP contribution is 2.27. The molecule has 0 radical (unpaired) electrons. The van der Waals surface area contributed by atoms with Crippen molar-refractivity contribution in [3.05, 3.63) is 30.0 Å². The number of nitrogens with one attached hydrogen (secondary N) is 1. The molecule has 1 aromatic carbocycles. The quantitative estimate of drug-likeness (QED) is 0.860. The monoisotopic (exact) mass is 258 g/mol. The maximum Gasteiger partial charge on any atom is 0.182 e. The van der Waals surface area contributed by atoms with Gasteiger partial charge in [0.1, 0.15) is 5.75 Å². The third-order valence-electron chi connectivity index (χ3n) is 3.98. The zero-order valence-electron chi connectivity index (χ0n) is 11.3. The van der Waals surface area contributed by atoms with E-state index in [0.29, 0.717) is 0 Å². The van der Waals surface area contributed by atoms with Crippen LogP contribution in [0, 0.1) is 0 Å². The first-order chi connectivity index (χ1) is 9.20. The molecule has 1 aliphatic heterocycles. The summed E-state index contributed by atoms with van der Waals surface area (Å²) in [6, 6.07) is 5.79. The number of Topliss-reactive ketones (excluding diaryl/α,β-unsaturated/α-hetero) is 1. The molecule has 2 aromatic rings. The second kappa shape index (κ2) is 4.70. The van der Waals surface area contributed by atoms with Gasteiger partial charge in [0.2, 0.25) is 0 Å². The average molecular weight is 258 g/mol. The Bertz CT molecular complexity index is 618. The summed E-state index contributed by atoms with van der Waals surface area (Å²) < 4.78 is 5.24. The van der Waals surface area contributed by atoms with Crippen molar-refractivity contribution < 1.29 is 9.53 Å². The molecule has 1 aromatic heterocycles. The molecule has 1 N–H and O–H groups in total. The van der Waals surface area contributed by atoms with Gasteiger partial charge in [-0.05, 0) is 44.6 Å². The molecule has 1 saturated heterocycles. The van der Waals surface area contributed by atoms with Gasteiger partial charge in [-0.25, -0.2) is 0 Å². The molecule has 0 amide bonds. The Labute approximate surface area is 112 Å². The number of hydrogen-bond donors (Lipinski definition) is 1. The van der Waals surface area contributed by atoms with Crippen molar-refractivity contribution in [1.29, 1.82) is 0 Å². The number of ketones is 1. The van der Waals surface area contributed by atoms with Gasteiger partial charge < -0.3 is 9.72 Å². The van der Waals surface area contributed by atoms with Gasteiger partial charge in [-0.15, -0.1) is 0 Å². The summed E-state index contributed by atoms with van der Waals surface area (Å²) in [5, 5.41) is 0.949. The number of hydrogen-bond acceptors (Lipinski definition) is 3. The third-order valence-corrected chi connectivity index (χ3v) is 3.98. The van der Waals surface area contributed by atoms with Crippen molar-refractivity contribution in [2.45, 2.75) is 18.9 Å². The van der Waals surface area contributed by atoms with E-state index < -0.39 is 0 Å². The number of ether oxygens (including phenoxy) is 1. The van der Waals surface area contributed by atoms with Gasteiger partial charge in [-0.2, -0.15) is 0 Å². The minimum atomic E-state index is 0.0187. The lowest BCUT2D eigenvalue weighted by Gasteiger charge is -2.17. The molecule has 0 unspecified atom stereocenters.